The van der Waals surface area contributed by atoms with Crippen LogP contribution >= 0.6 is 11.6 Å². The third-order valence-corrected chi connectivity index (χ3v) is 7.48. The van der Waals surface area contributed by atoms with Gasteiger partial charge in [-0.05, 0) is 36.2 Å². The van der Waals surface area contributed by atoms with E-state index in [4.69, 9.17) is 11.6 Å². The first-order valence-electron chi connectivity index (χ1n) is 9.53. The van der Waals surface area contributed by atoms with Crippen LogP contribution in [0.1, 0.15) is 32.8 Å². The lowest BCUT2D eigenvalue weighted by molar-refractivity contribution is 0.0633. The van der Waals surface area contributed by atoms with E-state index in [0.29, 0.717) is 11.4 Å². The second-order valence-corrected chi connectivity index (χ2v) is 10.1. The van der Waals surface area contributed by atoms with E-state index >= 15 is 0 Å². The van der Waals surface area contributed by atoms with Gasteiger partial charge in [0.25, 0.3) is 17.4 Å². The molecule has 0 aliphatic carbocycles. The van der Waals surface area contributed by atoms with Gasteiger partial charge >= 0.3 is 0 Å². The highest BCUT2D eigenvalue weighted by atomic mass is 35.5. The summed E-state index contributed by atoms with van der Waals surface area (Å²) in [6, 6.07) is 9.41. The summed E-state index contributed by atoms with van der Waals surface area (Å²) in [6.07, 6.45) is 0.406. The van der Waals surface area contributed by atoms with Crippen LogP contribution in [0.5, 0.6) is 0 Å². The molecule has 1 saturated heterocycles. The van der Waals surface area contributed by atoms with Crippen molar-refractivity contribution in [3.05, 3.63) is 68.6 Å². The summed E-state index contributed by atoms with van der Waals surface area (Å²) in [5, 5.41) is 3.29. The molecule has 1 aromatic carbocycles. The number of nitrogens with one attached hydrogen (secondary N) is 1. The second kappa shape index (κ2) is 7.88. The molecule has 0 bridgehead atoms. The first kappa shape index (κ1) is 20.6. The van der Waals surface area contributed by atoms with Crippen LogP contribution in [0, 0.1) is 0 Å². The van der Waals surface area contributed by atoms with Crippen LogP contribution in [-0.2, 0) is 22.9 Å². The lowest BCUT2D eigenvalue weighted by atomic mass is 10.1. The molecule has 2 amide bonds. The van der Waals surface area contributed by atoms with E-state index in [1.54, 1.807) is 24.3 Å². The van der Waals surface area contributed by atoms with Gasteiger partial charge in [0.05, 0.1) is 11.5 Å². The van der Waals surface area contributed by atoms with E-state index in [-0.39, 0.29) is 54.3 Å². The largest absolute Gasteiger partial charge is 0.348 e. The molecule has 158 valence electrons. The van der Waals surface area contributed by atoms with Crippen LogP contribution in [0.3, 0.4) is 0 Å². The Labute approximate surface area is 178 Å². The van der Waals surface area contributed by atoms with Crippen LogP contribution in [-0.4, -0.2) is 53.8 Å². The number of amides is 2. The number of carbonyl (C=O) groups is 2. The molecule has 10 heteroatoms. The summed E-state index contributed by atoms with van der Waals surface area (Å²) in [4.78, 5) is 39.7. The topological polar surface area (TPSA) is 106 Å². The van der Waals surface area contributed by atoms with Gasteiger partial charge in [-0.15, -0.1) is 0 Å². The highest BCUT2D eigenvalue weighted by Gasteiger charge is 2.37. The Morgan fingerprint density at radius 3 is 2.50 bits per heavy atom. The molecule has 8 nitrogen and oxygen atoms in total. The molecule has 1 atom stereocenters. The first-order valence-corrected chi connectivity index (χ1v) is 11.7. The highest BCUT2D eigenvalue weighted by molar-refractivity contribution is 7.91. The number of sulfone groups is 1. The van der Waals surface area contributed by atoms with E-state index < -0.39 is 21.3 Å². The van der Waals surface area contributed by atoms with Crippen molar-refractivity contribution in [2.75, 3.05) is 18.1 Å². The molecular formula is C20H20ClN3O5S. The van der Waals surface area contributed by atoms with Gasteiger partial charge in [0.15, 0.2) is 9.84 Å². The van der Waals surface area contributed by atoms with Crippen molar-refractivity contribution in [1.29, 1.82) is 0 Å². The second-order valence-electron chi connectivity index (χ2n) is 7.45. The van der Waals surface area contributed by atoms with Gasteiger partial charge in [0.2, 0.25) is 0 Å². The van der Waals surface area contributed by atoms with Crippen LogP contribution in [0.4, 0.5) is 0 Å². The summed E-state index contributed by atoms with van der Waals surface area (Å²) in [5.41, 5.74) is 0.429. The van der Waals surface area contributed by atoms with Crippen molar-refractivity contribution in [3.8, 4) is 0 Å². The minimum atomic E-state index is -3.13. The summed E-state index contributed by atoms with van der Waals surface area (Å²) in [7, 11) is -3.13. The van der Waals surface area contributed by atoms with Gasteiger partial charge in [-0.25, -0.2) is 8.42 Å². The zero-order chi connectivity index (χ0) is 21.5. The van der Waals surface area contributed by atoms with Gasteiger partial charge in [0, 0.05) is 30.7 Å². The third-order valence-electron chi connectivity index (χ3n) is 5.48. The zero-order valence-electron chi connectivity index (χ0n) is 16.0. The Balaban J connectivity index is 1.51. The Morgan fingerprint density at radius 1 is 1.10 bits per heavy atom. The molecule has 0 spiro atoms. The zero-order valence-corrected chi connectivity index (χ0v) is 17.6. The molecule has 1 unspecified atom stereocenters. The minimum Gasteiger partial charge on any atom is -0.348 e. The monoisotopic (exact) mass is 449 g/mol. The Kier molecular flexibility index (Phi) is 5.42. The van der Waals surface area contributed by atoms with Crippen molar-refractivity contribution in [2.45, 2.75) is 25.6 Å². The lowest BCUT2D eigenvalue weighted by Gasteiger charge is -2.33. The van der Waals surface area contributed by atoms with E-state index in [1.807, 2.05) is 0 Å². The van der Waals surface area contributed by atoms with Crippen LogP contribution in [0.25, 0.3) is 0 Å². The molecule has 2 aliphatic heterocycles. The number of halogens is 1. The fourth-order valence-corrected chi connectivity index (χ4v) is 5.72. The fourth-order valence-electron chi connectivity index (χ4n) is 3.87. The van der Waals surface area contributed by atoms with Gasteiger partial charge < -0.3 is 14.8 Å². The third kappa shape index (κ3) is 3.99. The first-order chi connectivity index (χ1) is 14.2. The lowest BCUT2D eigenvalue weighted by Crippen LogP contribution is -2.50. The van der Waals surface area contributed by atoms with E-state index in [2.05, 4.69) is 5.32 Å². The summed E-state index contributed by atoms with van der Waals surface area (Å²) < 4.78 is 24.8. The van der Waals surface area contributed by atoms with Crippen molar-refractivity contribution in [2.24, 2.45) is 0 Å². The molecule has 2 aliphatic rings. The quantitative estimate of drug-likeness (QED) is 0.751. The van der Waals surface area contributed by atoms with Crippen LogP contribution in [0.2, 0.25) is 5.02 Å². The number of aromatic nitrogens is 1. The van der Waals surface area contributed by atoms with E-state index in [0.717, 1.165) is 5.56 Å². The average Bonchev–Trinajstić information content (AvgIpc) is 3.07. The maximum atomic E-state index is 12.8. The Bertz CT molecular complexity index is 1170. The fraction of sp³-hybridized carbons (Fsp3) is 0.350. The van der Waals surface area contributed by atoms with Gasteiger partial charge in [-0.2, -0.15) is 0 Å². The summed E-state index contributed by atoms with van der Waals surface area (Å²) in [5.74, 6) is -0.884. The van der Waals surface area contributed by atoms with Crippen molar-refractivity contribution < 1.29 is 18.0 Å². The van der Waals surface area contributed by atoms with Crippen molar-refractivity contribution in [3.63, 3.8) is 0 Å². The standard InChI is InChI=1S/C20H20ClN3O5S/c21-14-3-1-13(2-4-14)11-22-18(25)16-5-6-17-20(27)23(8-9-24(17)19(16)26)15-7-10-30(28,29)12-15/h1-6,15H,7-12H2,(H,22,25). The number of fused-ring (bicyclic) bond motifs is 1. The predicted octanol–water partition coefficient (Wildman–Crippen LogP) is 1.07. The molecule has 4 rings (SSSR count). The number of hydrogen-bond acceptors (Lipinski definition) is 5. The number of pyridine rings is 1. The predicted molar refractivity (Wildman–Crippen MR) is 111 cm³/mol. The maximum Gasteiger partial charge on any atom is 0.270 e. The molecule has 2 aromatic rings. The number of benzene rings is 1. The van der Waals surface area contributed by atoms with E-state index in [9.17, 15) is 22.8 Å². The van der Waals surface area contributed by atoms with Crippen molar-refractivity contribution >= 4 is 33.3 Å². The molecular weight excluding hydrogens is 430 g/mol. The number of carbonyl (C=O) groups excluding carboxylic acids is 2. The van der Waals surface area contributed by atoms with Crippen LogP contribution in [0.15, 0.2) is 41.2 Å². The molecule has 3 heterocycles. The van der Waals surface area contributed by atoms with E-state index in [1.165, 1.54) is 21.6 Å². The molecule has 0 saturated carbocycles. The number of nitrogens with zero attached hydrogens (tertiary/aromatic N) is 2. The number of hydrogen-bond donors (Lipinski definition) is 1. The highest BCUT2D eigenvalue weighted by Crippen LogP contribution is 2.22. The molecule has 1 fully saturated rings. The maximum absolute atomic E-state index is 12.8. The minimum absolute atomic E-state index is 0.0441. The smallest absolute Gasteiger partial charge is 0.270 e. The summed E-state index contributed by atoms with van der Waals surface area (Å²) in [6.45, 7) is 0.691. The van der Waals surface area contributed by atoms with Crippen molar-refractivity contribution in [1.82, 2.24) is 14.8 Å². The van der Waals surface area contributed by atoms with Gasteiger partial charge in [-0.1, -0.05) is 23.7 Å². The van der Waals surface area contributed by atoms with Gasteiger partial charge in [0.1, 0.15) is 11.3 Å². The molecule has 1 aromatic heterocycles. The average molecular weight is 450 g/mol. The molecule has 0 radical (unpaired) electrons. The molecule has 30 heavy (non-hydrogen) atoms. The molecule has 1 N–H and O–H groups in total. The SMILES string of the molecule is O=C(NCc1ccc(Cl)cc1)c1ccc2n(c1=O)CCN(C1CCS(=O)(=O)C1)C2=O. The Hall–Kier alpha value is -2.65. The number of rotatable bonds is 4. The Morgan fingerprint density at radius 2 is 1.83 bits per heavy atom. The van der Waals surface area contributed by atoms with Gasteiger partial charge in [-0.3, -0.25) is 14.4 Å². The normalized spacial score (nSPS) is 20.1. The van der Waals surface area contributed by atoms with Crippen LogP contribution < -0.4 is 10.9 Å². The summed E-state index contributed by atoms with van der Waals surface area (Å²) >= 11 is 5.84.